The van der Waals surface area contributed by atoms with E-state index in [-0.39, 0.29) is 5.91 Å². The van der Waals surface area contributed by atoms with Crippen LogP contribution in [-0.4, -0.2) is 37.0 Å². The molecule has 9 heteroatoms. The molecule has 0 spiro atoms. The Balaban J connectivity index is 1.71. The highest BCUT2D eigenvalue weighted by atomic mass is 35.5. The van der Waals surface area contributed by atoms with E-state index in [2.05, 4.69) is 10.4 Å². The second-order valence-electron chi connectivity index (χ2n) is 7.13. The number of thiophene rings is 1. The van der Waals surface area contributed by atoms with E-state index in [9.17, 15) is 4.79 Å². The van der Waals surface area contributed by atoms with Crippen molar-refractivity contribution in [3.05, 3.63) is 51.9 Å². The van der Waals surface area contributed by atoms with Gasteiger partial charge in [-0.3, -0.25) is 9.48 Å². The van der Waals surface area contributed by atoms with Crippen molar-refractivity contribution in [1.29, 1.82) is 0 Å². The van der Waals surface area contributed by atoms with Gasteiger partial charge in [-0.15, -0.1) is 11.3 Å². The van der Waals surface area contributed by atoms with Crippen LogP contribution in [0.1, 0.15) is 15.2 Å². The van der Waals surface area contributed by atoms with Crippen LogP contribution in [0.4, 0.5) is 5.69 Å². The molecule has 0 bridgehead atoms. The van der Waals surface area contributed by atoms with Gasteiger partial charge in [0.2, 0.25) is 0 Å². The molecule has 1 amide bonds. The third-order valence-corrected chi connectivity index (χ3v) is 6.73. The molecule has 0 saturated carbocycles. The Hall–Kier alpha value is -3.23. The molecular weight excluding hydrogens is 450 g/mol. The molecule has 0 aliphatic heterocycles. The van der Waals surface area contributed by atoms with Crippen LogP contribution in [0.5, 0.6) is 17.2 Å². The van der Waals surface area contributed by atoms with Gasteiger partial charge in [0.05, 0.1) is 31.9 Å². The van der Waals surface area contributed by atoms with Gasteiger partial charge in [0, 0.05) is 29.1 Å². The first-order chi connectivity index (χ1) is 15.4. The number of anilines is 1. The normalized spacial score (nSPS) is 10.9. The molecule has 0 fully saturated rings. The van der Waals surface area contributed by atoms with Crippen molar-refractivity contribution in [1.82, 2.24) is 9.78 Å². The summed E-state index contributed by atoms with van der Waals surface area (Å²) in [6, 6.07) is 11.0. The highest BCUT2D eigenvalue weighted by Gasteiger charge is 2.20. The average molecular weight is 472 g/mol. The minimum absolute atomic E-state index is 0.232. The third-order valence-electron chi connectivity index (χ3n) is 5.12. The average Bonchev–Trinajstić information content (AvgIpc) is 3.36. The lowest BCUT2D eigenvalue weighted by Crippen LogP contribution is -2.11. The smallest absolute Gasteiger partial charge is 0.265 e. The van der Waals surface area contributed by atoms with Crippen molar-refractivity contribution in [2.75, 3.05) is 26.6 Å². The molecule has 32 heavy (non-hydrogen) atoms. The van der Waals surface area contributed by atoms with Crippen molar-refractivity contribution in [2.45, 2.75) is 6.92 Å². The van der Waals surface area contributed by atoms with Crippen molar-refractivity contribution >= 4 is 44.7 Å². The quantitative estimate of drug-likeness (QED) is 0.399. The summed E-state index contributed by atoms with van der Waals surface area (Å²) in [5, 5.41) is 9.04. The number of nitrogens with one attached hydrogen (secondary N) is 1. The van der Waals surface area contributed by atoms with Crippen LogP contribution in [0, 0.1) is 6.92 Å². The highest BCUT2D eigenvalue weighted by Crippen LogP contribution is 2.38. The number of aryl methyl sites for hydroxylation is 2. The fourth-order valence-electron chi connectivity index (χ4n) is 3.46. The Morgan fingerprint density at radius 2 is 1.75 bits per heavy atom. The van der Waals surface area contributed by atoms with Gasteiger partial charge < -0.3 is 19.5 Å². The summed E-state index contributed by atoms with van der Waals surface area (Å²) in [6.45, 7) is 1.87. The summed E-state index contributed by atoms with van der Waals surface area (Å²) in [7, 11) is 6.58. The van der Waals surface area contributed by atoms with Crippen LogP contribution in [0.2, 0.25) is 5.02 Å². The van der Waals surface area contributed by atoms with Gasteiger partial charge in [-0.25, -0.2) is 0 Å². The Kier molecular flexibility index (Phi) is 5.99. The summed E-state index contributed by atoms with van der Waals surface area (Å²) in [6.07, 6.45) is 0. The van der Waals surface area contributed by atoms with Gasteiger partial charge in [0.25, 0.3) is 5.91 Å². The molecule has 0 unspecified atom stereocenters. The number of amides is 1. The van der Waals surface area contributed by atoms with E-state index in [1.165, 1.54) is 18.4 Å². The van der Waals surface area contributed by atoms with E-state index in [1.807, 2.05) is 38.2 Å². The van der Waals surface area contributed by atoms with Crippen molar-refractivity contribution in [3.8, 4) is 28.5 Å². The Labute approximate surface area is 194 Å². The van der Waals surface area contributed by atoms with Crippen LogP contribution in [0.25, 0.3) is 21.5 Å². The molecule has 1 N–H and O–H groups in total. The predicted molar refractivity (Wildman–Crippen MR) is 128 cm³/mol. The number of hydrogen-bond acceptors (Lipinski definition) is 6. The molecule has 0 atom stereocenters. The Morgan fingerprint density at radius 1 is 1.03 bits per heavy atom. The monoisotopic (exact) mass is 471 g/mol. The van der Waals surface area contributed by atoms with Crippen LogP contribution in [-0.2, 0) is 7.05 Å². The van der Waals surface area contributed by atoms with Crippen molar-refractivity contribution in [3.63, 3.8) is 0 Å². The van der Waals surface area contributed by atoms with Crippen LogP contribution >= 0.6 is 22.9 Å². The first kappa shape index (κ1) is 22.0. The van der Waals surface area contributed by atoms with Crippen LogP contribution < -0.4 is 19.5 Å². The molecule has 0 aliphatic rings. The summed E-state index contributed by atoms with van der Waals surface area (Å²) in [4.78, 5) is 14.5. The van der Waals surface area contributed by atoms with Gasteiger partial charge in [-0.2, -0.15) is 5.10 Å². The highest BCUT2D eigenvalue weighted by molar-refractivity contribution is 7.20. The van der Waals surface area contributed by atoms with E-state index in [0.29, 0.717) is 32.8 Å². The maximum Gasteiger partial charge on any atom is 0.265 e. The number of fused-ring (bicyclic) bond motifs is 1. The van der Waals surface area contributed by atoms with Crippen LogP contribution in [0.3, 0.4) is 0 Å². The van der Waals surface area contributed by atoms with Crippen LogP contribution in [0.15, 0.2) is 36.4 Å². The molecule has 2 heterocycles. The van der Waals surface area contributed by atoms with E-state index in [0.717, 1.165) is 27.0 Å². The number of methoxy groups -OCH3 is 3. The maximum atomic E-state index is 13.0. The number of rotatable bonds is 6. The number of carbonyl (C=O) groups is 1. The minimum Gasteiger partial charge on any atom is -0.495 e. The Morgan fingerprint density at radius 3 is 2.44 bits per heavy atom. The minimum atomic E-state index is -0.232. The van der Waals surface area contributed by atoms with E-state index in [1.54, 1.807) is 31.0 Å². The molecular formula is C23H22ClN3O4S. The van der Waals surface area contributed by atoms with Gasteiger partial charge in [-0.1, -0.05) is 11.6 Å². The number of carbonyl (C=O) groups excluding carboxylic acids is 1. The van der Waals surface area contributed by atoms with Gasteiger partial charge in [0.15, 0.2) is 11.5 Å². The summed E-state index contributed by atoms with van der Waals surface area (Å²) in [5.41, 5.74) is 3.04. The molecule has 166 valence electrons. The molecule has 7 nitrogen and oxygen atoms in total. The van der Waals surface area contributed by atoms with Gasteiger partial charge in [-0.05, 0) is 42.8 Å². The molecule has 4 rings (SSSR count). The number of benzene rings is 2. The first-order valence-electron chi connectivity index (χ1n) is 9.70. The molecule has 4 aromatic rings. The molecule has 2 aromatic carbocycles. The Bertz CT molecular complexity index is 1330. The SMILES string of the molecule is COc1cc(Cl)c(C)cc1NC(=O)c1cc2c(-c3ccc(OC)c(OC)c3)nn(C)c2s1. The number of hydrogen-bond donors (Lipinski definition) is 1. The second kappa shape index (κ2) is 8.72. The summed E-state index contributed by atoms with van der Waals surface area (Å²) in [5.74, 6) is 1.52. The van der Waals surface area contributed by atoms with Gasteiger partial charge in [0.1, 0.15) is 16.3 Å². The van der Waals surface area contributed by atoms with E-state index in [4.69, 9.17) is 25.8 Å². The van der Waals surface area contributed by atoms with Gasteiger partial charge >= 0.3 is 0 Å². The lowest BCUT2D eigenvalue weighted by molar-refractivity contribution is 0.103. The van der Waals surface area contributed by atoms with E-state index < -0.39 is 0 Å². The topological polar surface area (TPSA) is 74.6 Å². The fourth-order valence-corrected chi connectivity index (χ4v) is 4.58. The lowest BCUT2D eigenvalue weighted by Gasteiger charge is -2.11. The second-order valence-corrected chi connectivity index (χ2v) is 8.57. The number of nitrogens with zero attached hydrogens (tertiary/aromatic N) is 2. The fraction of sp³-hybridized carbons (Fsp3) is 0.217. The standard InChI is InChI=1S/C23H22ClN3O4S/c1-12-8-16(18(30-4)11-15(12)24)25-22(28)20-10-14-21(26-27(2)23(14)32-20)13-6-7-17(29-3)19(9-13)31-5/h6-11H,1-5H3,(H,25,28). The van der Waals surface area contributed by atoms with Crippen molar-refractivity contribution in [2.24, 2.45) is 7.05 Å². The zero-order chi connectivity index (χ0) is 23.0. The first-order valence-corrected chi connectivity index (χ1v) is 10.9. The number of halogens is 1. The largest absolute Gasteiger partial charge is 0.495 e. The zero-order valence-corrected chi connectivity index (χ0v) is 19.9. The molecule has 0 aliphatic carbocycles. The summed E-state index contributed by atoms with van der Waals surface area (Å²) >= 11 is 7.54. The lowest BCUT2D eigenvalue weighted by atomic mass is 10.1. The molecule has 2 aromatic heterocycles. The summed E-state index contributed by atoms with van der Waals surface area (Å²) < 4.78 is 17.9. The predicted octanol–water partition coefficient (Wildman–Crippen LogP) is 5.54. The van der Waals surface area contributed by atoms with Crippen molar-refractivity contribution < 1.29 is 19.0 Å². The molecule has 0 saturated heterocycles. The molecule has 0 radical (unpaired) electrons. The maximum absolute atomic E-state index is 13.0. The van der Waals surface area contributed by atoms with E-state index >= 15 is 0 Å². The number of aromatic nitrogens is 2. The zero-order valence-electron chi connectivity index (χ0n) is 18.3. The number of ether oxygens (including phenoxy) is 3. The third kappa shape index (κ3) is 3.87.